The topological polar surface area (TPSA) is 56.2 Å². The summed E-state index contributed by atoms with van der Waals surface area (Å²) < 4.78 is 41.1. The fourth-order valence-electron chi connectivity index (χ4n) is 1.62. The lowest BCUT2D eigenvalue weighted by molar-refractivity contribution is -0.174. The molecule has 1 saturated carbocycles. The fraction of sp³-hybridized carbons (Fsp3) is 0.667. The van der Waals surface area contributed by atoms with E-state index in [1.165, 1.54) is 25.1 Å². The third-order valence-corrected chi connectivity index (χ3v) is 2.87. The minimum atomic E-state index is -4.35. The third kappa shape index (κ3) is 5.20. The molecule has 0 atom stereocenters. The Hall–Kier alpha value is -1.57. The Labute approximate surface area is 113 Å². The number of aromatic nitrogens is 2. The number of ether oxygens (including phenoxy) is 1. The first-order valence-corrected chi connectivity index (χ1v) is 6.39. The maximum atomic E-state index is 11.9. The molecule has 1 aliphatic rings. The second-order valence-corrected chi connectivity index (χ2v) is 4.80. The Morgan fingerprint density at radius 1 is 1.45 bits per heavy atom. The Morgan fingerprint density at radius 2 is 2.20 bits per heavy atom. The molecule has 0 aliphatic heterocycles. The first-order chi connectivity index (χ1) is 9.44. The minimum Gasteiger partial charge on any atom is -0.383 e. The average molecular weight is 291 g/mol. The SMILES string of the molecule is O=c1cc(NCC2CC2)cnn1CCOCC(F)(F)F. The Bertz CT molecular complexity index is 497. The molecule has 112 valence electrons. The van der Waals surface area contributed by atoms with Gasteiger partial charge in [0.15, 0.2) is 0 Å². The lowest BCUT2D eigenvalue weighted by Crippen LogP contribution is -2.26. The number of hydrogen-bond donors (Lipinski definition) is 1. The minimum absolute atomic E-state index is 0.00216. The van der Waals surface area contributed by atoms with E-state index in [1.807, 2.05) is 0 Å². The summed E-state index contributed by atoms with van der Waals surface area (Å²) in [5.74, 6) is 0.674. The van der Waals surface area contributed by atoms with Gasteiger partial charge in [-0.15, -0.1) is 0 Å². The number of halogens is 3. The van der Waals surface area contributed by atoms with Crippen molar-refractivity contribution >= 4 is 5.69 Å². The number of alkyl halides is 3. The summed E-state index contributed by atoms with van der Waals surface area (Å²) in [5, 5.41) is 7.00. The number of hydrogen-bond acceptors (Lipinski definition) is 4. The molecular formula is C12H16F3N3O2. The first-order valence-electron chi connectivity index (χ1n) is 6.39. The maximum absolute atomic E-state index is 11.9. The number of anilines is 1. The number of rotatable bonds is 7. The molecule has 5 nitrogen and oxygen atoms in total. The second-order valence-electron chi connectivity index (χ2n) is 4.80. The van der Waals surface area contributed by atoms with E-state index in [-0.39, 0.29) is 18.7 Å². The molecule has 0 bridgehead atoms. The lowest BCUT2D eigenvalue weighted by Gasteiger charge is -2.09. The van der Waals surface area contributed by atoms with Crippen LogP contribution in [0, 0.1) is 5.92 Å². The molecule has 1 aliphatic carbocycles. The van der Waals surface area contributed by atoms with Gasteiger partial charge in [-0.1, -0.05) is 0 Å². The van der Waals surface area contributed by atoms with Crippen LogP contribution in [0.5, 0.6) is 0 Å². The molecule has 0 unspecified atom stereocenters. The molecule has 0 aromatic carbocycles. The third-order valence-electron chi connectivity index (χ3n) is 2.87. The van der Waals surface area contributed by atoms with Crippen LogP contribution in [0.1, 0.15) is 12.8 Å². The van der Waals surface area contributed by atoms with Gasteiger partial charge in [0.25, 0.3) is 5.56 Å². The molecule has 8 heteroatoms. The Kier molecular flexibility index (Phi) is 4.64. The van der Waals surface area contributed by atoms with Crippen LogP contribution in [0.25, 0.3) is 0 Å². The molecule has 0 amide bonds. The molecule has 1 fully saturated rings. The molecule has 2 rings (SSSR count). The molecule has 1 N–H and O–H groups in total. The molecule has 1 heterocycles. The van der Waals surface area contributed by atoms with Crippen LogP contribution in [0.4, 0.5) is 18.9 Å². The van der Waals surface area contributed by atoms with Crippen LogP contribution >= 0.6 is 0 Å². The Balaban J connectivity index is 1.78. The number of nitrogens with one attached hydrogen (secondary N) is 1. The zero-order valence-electron chi connectivity index (χ0n) is 10.8. The van der Waals surface area contributed by atoms with Gasteiger partial charge in [0.1, 0.15) is 6.61 Å². The quantitative estimate of drug-likeness (QED) is 0.776. The largest absolute Gasteiger partial charge is 0.411 e. The summed E-state index contributed by atoms with van der Waals surface area (Å²) in [6.45, 7) is -0.707. The molecular weight excluding hydrogens is 275 g/mol. The van der Waals surface area contributed by atoms with Crippen molar-refractivity contribution in [1.82, 2.24) is 9.78 Å². The molecule has 1 aromatic rings. The fourth-order valence-corrected chi connectivity index (χ4v) is 1.62. The monoisotopic (exact) mass is 291 g/mol. The van der Waals surface area contributed by atoms with Gasteiger partial charge in [0, 0.05) is 12.6 Å². The zero-order chi connectivity index (χ0) is 14.6. The van der Waals surface area contributed by atoms with Crippen LogP contribution in [0.2, 0.25) is 0 Å². The normalized spacial score (nSPS) is 15.3. The summed E-state index contributed by atoms with van der Waals surface area (Å²) >= 11 is 0. The zero-order valence-corrected chi connectivity index (χ0v) is 10.8. The second kappa shape index (κ2) is 6.25. The highest BCUT2D eigenvalue weighted by Crippen LogP contribution is 2.28. The van der Waals surface area contributed by atoms with Gasteiger partial charge < -0.3 is 10.1 Å². The van der Waals surface area contributed by atoms with Gasteiger partial charge in [-0.25, -0.2) is 4.68 Å². The van der Waals surface area contributed by atoms with Crippen LogP contribution in [-0.4, -0.2) is 35.7 Å². The van der Waals surface area contributed by atoms with E-state index in [0.717, 1.165) is 11.2 Å². The average Bonchev–Trinajstić information content (AvgIpc) is 3.17. The van der Waals surface area contributed by atoms with Gasteiger partial charge >= 0.3 is 6.18 Å². The van der Waals surface area contributed by atoms with E-state index in [4.69, 9.17) is 0 Å². The highest BCUT2D eigenvalue weighted by molar-refractivity contribution is 5.38. The number of nitrogens with zero attached hydrogens (tertiary/aromatic N) is 2. The molecule has 1 aromatic heterocycles. The Morgan fingerprint density at radius 3 is 2.80 bits per heavy atom. The van der Waals surface area contributed by atoms with Crippen molar-refractivity contribution in [3.05, 3.63) is 22.6 Å². The molecule has 0 spiro atoms. The maximum Gasteiger partial charge on any atom is 0.411 e. The van der Waals surface area contributed by atoms with Gasteiger partial charge in [-0.05, 0) is 18.8 Å². The van der Waals surface area contributed by atoms with Crippen molar-refractivity contribution < 1.29 is 17.9 Å². The van der Waals surface area contributed by atoms with Crippen molar-refractivity contribution in [2.75, 3.05) is 25.1 Å². The van der Waals surface area contributed by atoms with Crippen LogP contribution < -0.4 is 10.9 Å². The van der Waals surface area contributed by atoms with Gasteiger partial charge in [-0.3, -0.25) is 4.79 Å². The summed E-state index contributed by atoms with van der Waals surface area (Å²) in [7, 11) is 0. The summed E-state index contributed by atoms with van der Waals surface area (Å²) in [6, 6.07) is 1.39. The van der Waals surface area contributed by atoms with Gasteiger partial charge in [0.2, 0.25) is 0 Å². The van der Waals surface area contributed by atoms with Crippen molar-refractivity contribution in [2.24, 2.45) is 5.92 Å². The van der Waals surface area contributed by atoms with E-state index in [1.54, 1.807) is 0 Å². The van der Waals surface area contributed by atoms with Crippen LogP contribution in [-0.2, 0) is 11.3 Å². The predicted molar refractivity (Wildman–Crippen MR) is 66.6 cm³/mol. The van der Waals surface area contributed by atoms with E-state index >= 15 is 0 Å². The van der Waals surface area contributed by atoms with E-state index in [9.17, 15) is 18.0 Å². The summed E-state index contributed by atoms with van der Waals surface area (Å²) in [4.78, 5) is 11.7. The van der Waals surface area contributed by atoms with Crippen molar-refractivity contribution in [2.45, 2.75) is 25.6 Å². The van der Waals surface area contributed by atoms with Crippen molar-refractivity contribution in [3.8, 4) is 0 Å². The van der Waals surface area contributed by atoms with E-state index < -0.39 is 12.8 Å². The lowest BCUT2D eigenvalue weighted by atomic mass is 10.4. The van der Waals surface area contributed by atoms with Crippen molar-refractivity contribution in [3.63, 3.8) is 0 Å². The molecule has 20 heavy (non-hydrogen) atoms. The first kappa shape index (κ1) is 14.8. The van der Waals surface area contributed by atoms with Gasteiger partial charge in [-0.2, -0.15) is 18.3 Å². The van der Waals surface area contributed by atoms with Crippen LogP contribution in [0.3, 0.4) is 0 Å². The van der Waals surface area contributed by atoms with Gasteiger partial charge in [0.05, 0.1) is 25.0 Å². The summed E-state index contributed by atoms with van der Waals surface area (Å²) in [5.41, 5.74) is 0.274. The highest BCUT2D eigenvalue weighted by Gasteiger charge is 2.27. The predicted octanol–water partition coefficient (Wildman–Crippen LogP) is 1.64. The highest BCUT2D eigenvalue weighted by atomic mass is 19.4. The molecule has 0 saturated heterocycles. The van der Waals surface area contributed by atoms with Crippen molar-refractivity contribution in [1.29, 1.82) is 0 Å². The smallest absolute Gasteiger partial charge is 0.383 e. The standard InChI is InChI=1S/C12H16F3N3O2/c13-12(14,15)8-20-4-3-18-11(19)5-10(7-17-18)16-6-9-1-2-9/h5,7,9,16H,1-4,6,8H2. The molecule has 0 radical (unpaired) electrons. The summed E-state index contributed by atoms with van der Waals surface area (Å²) in [6.07, 6.45) is -0.454. The van der Waals surface area contributed by atoms with E-state index in [2.05, 4.69) is 15.2 Å². The van der Waals surface area contributed by atoms with Crippen LogP contribution in [0.15, 0.2) is 17.1 Å². The van der Waals surface area contributed by atoms with E-state index in [0.29, 0.717) is 11.6 Å².